The third-order valence-electron chi connectivity index (χ3n) is 2.55. The van der Waals surface area contributed by atoms with Gasteiger partial charge < -0.3 is 9.84 Å². The maximum absolute atomic E-state index is 11.8. The average molecular weight is 255 g/mol. The maximum atomic E-state index is 11.8. The highest BCUT2D eigenvalue weighted by Crippen LogP contribution is 2.21. The molecule has 1 unspecified atom stereocenters. The van der Waals surface area contributed by atoms with Crippen LogP contribution in [-0.2, 0) is 4.79 Å². The van der Waals surface area contributed by atoms with Crippen molar-refractivity contribution in [2.24, 2.45) is 0 Å². The number of carbonyl (C=O) groups is 1. The first-order valence-electron chi connectivity index (χ1n) is 5.72. The van der Waals surface area contributed by atoms with Gasteiger partial charge in [-0.3, -0.25) is 4.98 Å². The average Bonchev–Trinajstić information content (AvgIpc) is 2.47. The van der Waals surface area contributed by atoms with Gasteiger partial charge in [-0.2, -0.15) is 0 Å². The van der Waals surface area contributed by atoms with Crippen molar-refractivity contribution in [1.82, 2.24) is 4.98 Å². The Morgan fingerprint density at radius 3 is 2.58 bits per heavy atom. The summed E-state index contributed by atoms with van der Waals surface area (Å²) in [5.74, 6) is -0.255. The van der Waals surface area contributed by atoms with E-state index >= 15 is 0 Å². The second kappa shape index (κ2) is 5.93. The number of rotatable bonds is 4. The SMILES string of the molecule is C=C(C(=O)Oc1ccccc1)C(O)c1cccnc1. The third kappa shape index (κ3) is 3.26. The van der Waals surface area contributed by atoms with E-state index < -0.39 is 12.1 Å². The zero-order valence-corrected chi connectivity index (χ0v) is 10.2. The minimum absolute atomic E-state index is 0.0307. The van der Waals surface area contributed by atoms with Crippen LogP contribution in [0, 0.1) is 0 Å². The Kier molecular flexibility index (Phi) is 4.05. The van der Waals surface area contributed by atoms with Gasteiger partial charge in [-0.15, -0.1) is 0 Å². The lowest BCUT2D eigenvalue weighted by Gasteiger charge is -2.12. The lowest BCUT2D eigenvalue weighted by atomic mass is 10.1. The van der Waals surface area contributed by atoms with Crippen LogP contribution in [0.3, 0.4) is 0 Å². The summed E-state index contributed by atoms with van der Waals surface area (Å²) >= 11 is 0. The Bertz CT molecular complexity index is 566. The van der Waals surface area contributed by atoms with Crippen LogP contribution in [0.1, 0.15) is 11.7 Å². The van der Waals surface area contributed by atoms with E-state index in [-0.39, 0.29) is 5.57 Å². The lowest BCUT2D eigenvalue weighted by Crippen LogP contribution is -2.16. The highest BCUT2D eigenvalue weighted by molar-refractivity contribution is 5.90. The summed E-state index contributed by atoms with van der Waals surface area (Å²) in [6.45, 7) is 3.57. The van der Waals surface area contributed by atoms with Gasteiger partial charge in [0.1, 0.15) is 11.9 Å². The number of para-hydroxylation sites is 1. The Morgan fingerprint density at radius 1 is 1.21 bits per heavy atom. The van der Waals surface area contributed by atoms with Gasteiger partial charge in [0, 0.05) is 18.0 Å². The number of hydrogen-bond donors (Lipinski definition) is 1. The first-order valence-corrected chi connectivity index (χ1v) is 5.72. The minimum atomic E-state index is -1.12. The minimum Gasteiger partial charge on any atom is -0.423 e. The van der Waals surface area contributed by atoms with Crippen molar-refractivity contribution in [2.75, 3.05) is 0 Å². The Morgan fingerprint density at radius 2 is 1.95 bits per heavy atom. The van der Waals surface area contributed by atoms with E-state index in [1.54, 1.807) is 42.6 Å². The standard InChI is InChI=1S/C15H13NO3/c1-11(14(17)12-6-5-9-16-10-12)15(18)19-13-7-3-2-4-8-13/h2-10,14,17H,1H2. The van der Waals surface area contributed by atoms with E-state index in [2.05, 4.69) is 11.6 Å². The molecule has 1 heterocycles. The van der Waals surface area contributed by atoms with E-state index in [9.17, 15) is 9.90 Å². The highest BCUT2D eigenvalue weighted by Gasteiger charge is 2.20. The second-order valence-corrected chi connectivity index (χ2v) is 3.92. The van der Waals surface area contributed by atoms with Gasteiger partial charge in [0.25, 0.3) is 0 Å². The van der Waals surface area contributed by atoms with Crippen molar-refractivity contribution in [1.29, 1.82) is 0 Å². The summed E-state index contributed by atoms with van der Waals surface area (Å²) in [5, 5.41) is 10.00. The molecule has 0 bridgehead atoms. The Labute approximate surface area is 111 Å². The fraction of sp³-hybridized carbons (Fsp3) is 0.0667. The molecule has 2 rings (SSSR count). The molecule has 1 aromatic heterocycles. The number of esters is 1. The van der Waals surface area contributed by atoms with Gasteiger partial charge in [0.2, 0.25) is 0 Å². The third-order valence-corrected chi connectivity index (χ3v) is 2.55. The maximum Gasteiger partial charge on any atom is 0.341 e. The molecule has 4 nitrogen and oxygen atoms in total. The fourth-order valence-corrected chi connectivity index (χ4v) is 1.51. The van der Waals surface area contributed by atoms with Crippen molar-refractivity contribution >= 4 is 5.97 Å². The van der Waals surface area contributed by atoms with Gasteiger partial charge in [-0.05, 0) is 18.2 Å². The molecule has 4 heteroatoms. The molecule has 1 aromatic carbocycles. The number of benzene rings is 1. The molecule has 96 valence electrons. The Hall–Kier alpha value is -2.46. The number of ether oxygens (including phenoxy) is 1. The van der Waals surface area contributed by atoms with Crippen molar-refractivity contribution in [2.45, 2.75) is 6.10 Å². The molecule has 0 radical (unpaired) electrons. The van der Waals surface area contributed by atoms with Crippen LogP contribution in [0.15, 0.2) is 67.0 Å². The van der Waals surface area contributed by atoms with Crippen LogP contribution in [-0.4, -0.2) is 16.1 Å². The largest absolute Gasteiger partial charge is 0.423 e. The molecule has 1 atom stereocenters. The van der Waals surface area contributed by atoms with Crippen LogP contribution in [0.4, 0.5) is 0 Å². The molecule has 0 amide bonds. The van der Waals surface area contributed by atoms with E-state index in [4.69, 9.17) is 4.74 Å². The molecule has 19 heavy (non-hydrogen) atoms. The van der Waals surface area contributed by atoms with Crippen LogP contribution in [0.2, 0.25) is 0 Å². The van der Waals surface area contributed by atoms with Crippen LogP contribution in [0.25, 0.3) is 0 Å². The topological polar surface area (TPSA) is 59.4 Å². The summed E-state index contributed by atoms with van der Waals surface area (Å²) < 4.78 is 5.10. The molecule has 0 saturated heterocycles. The van der Waals surface area contributed by atoms with Crippen molar-refractivity contribution in [3.63, 3.8) is 0 Å². The van der Waals surface area contributed by atoms with E-state index in [1.165, 1.54) is 6.20 Å². The summed E-state index contributed by atoms with van der Waals surface area (Å²) in [7, 11) is 0. The molecule has 2 aromatic rings. The number of pyridine rings is 1. The molecule has 0 spiro atoms. The van der Waals surface area contributed by atoms with Gasteiger partial charge in [-0.25, -0.2) is 4.79 Å². The van der Waals surface area contributed by atoms with Gasteiger partial charge in [0.15, 0.2) is 0 Å². The van der Waals surface area contributed by atoms with Gasteiger partial charge >= 0.3 is 5.97 Å². The van der Waals surface area contributed by atoms with Crippen LogP contribution in [0.5, 0.6) is 5.75 Å². The zero-order valence-electron chi connectivity index (χ0n) is 10.2. The molecule has 0 aliphatic carbocycles. The first kappa shape index (κ1) is 13.0. The van der Waals surface area contributed by atoms with Crippen molar-refractivity contribution in [3.8, 4) is 5.75 Å². The highest BCUT2D eigenvalue weighted by atomic mass is 16.5. The van der Waals surface area contributed by atoms with E-state index in [1.807, 2.05) is 6.07 Å². The van der Waals surface area contributed by atoms with Crippen LogP contribution >= 0.6 is 0 Å². The molecule has 0 aliphatic heterocycles. The summed E-state index contributed by atoms with van der Waals surface area (Å²) in [6, 6.07) is 12.0. The van der Waals surface area contributed by atoms with E-state index in [0.717, 1.165) is 0 Å². The summed E-state index contributed by atoms with van der Waals surface area (Å²) in [6.07, 6.45) is 1.94. The molecule has 0 aliphatic rings. The van der Waals surface area contributed by atoms with Gasteiger partial charge in [0.05, 0.1) is 5.57 Å². The first-order chi connectivity index (χ1) is 9.18. The fourth-order valence-electron chi connectivity index (χ4n) is 1.51. The quantitative estimate of drug-likeness (QED) is 0.517. The van der Waals surface area contributed by atoms with E-state index in [0.29, 0.717) is 11.3 Å². The number of aromatic nitrogens is 1. The molecular weight excluding hydrogens is 242 g/mol. The molecule has 1 N–H and O–H groups in total. The number of hydrogen-bond acceptors (Lipinski definition) is 4. The summed E-state index contributed by atoms with van der Waals surface area (Å²) in [5.41, 5.74) is 0.467. The van der Waals surface area contributed by atoms with Crippen LogP contribution < -0.4 is 4.74 Å². The summed E-state index contributed by atoms with van der Waals surface area (Å²) in [4.78, 5) is 15.7. The number of carbonyl (C=O) groups excluding carboxylic acids is 1. The van der Waals surface area contributed by atoms with Gasteiger partial charge in [-0.1, -0.05) is 30.8 Å². The van der Waals surface area contributed by atoms with Crippen molar-refractivity contribution < 1.29 is 14.6 Å². The molecule has 0 fully saturated rings. The normalized spacial score (nSPS) is 11.6. The molecule has 0 saturated carbocycles. The Balaban J connectivity index is 2.06. The van der Waals surface area contributed by atoms with Crippen molar-refractivity contribution in [3.05, 3.63) is 72.6 Å². The smallest absolute Gasteiger partial charge is 0.341 e. The predicted molar refractivity (Wildman–Crippen MR) is 70.4 cm³/mol. The monoisotopic (exact) mass is 255 g/mol. The number of nitrogens with zero attached hydrogens (tertiary/aromatic N) is 1. The molecular formula is C15H13NO3. The zero-order chi connectivity index (χ0) is 13.7. The second-order valence-electron chi connectivity index (χ2n) is 3.92. The number of aliphatic hydroxyl groups excluding tert-OH is 1. The lowest BCUT2D eigenvalue weighted by molar-refractivity contribution is -0.131. The number of aliphatic hydroxyl groups is 1. The predicted octanol–water partition coefficient (Wildman–Crippen LogP) is 2.28.